The molecule has 26 heavy (non-hydrogen) atoms. The van der Waals surface area contributed by atoms with E-state index in [1.54, 1.807) is 6.20 Å². The Morgan fingerprint density at radius 3 is 2.69 bits per heavy atom. The maximum atomic E-state index is 12.2. The van der Waals surface area contributed by atoms with Crippen molar-refractivity contribution in [2.45, 2.75) is 23.7 Å². The molecule has 0 atom stereocenters. The standard InChI is InChI=1S/C18H19N5OS2/c1-13-7-3-4-8-14(13)23-15(21-22-18(23)25-2)11-20-16(24)12-26-17-9-5-6-10-19-17/h3-10H,11-12H2,1-2H3,(H,20,24). The van der Waals surface area contributed by atoms with E-state index in [0.717, 1.165) is 21.4 Å². The van der Waals surface area contributed by atoms with Gasteiger partial charge in [-0.3, -0.25) is 9.36 Å². The third kappa shape index (κ3) is 4.44. The van der Waals surface area contributed by atoms with Crippen LogP contribution in [0.25, 0.3) is 5.69 Å². The third-order valence-corrected chi connectivity index (χ3v) is 5.25. The van der Waals surface area contributed by atoms with Gasteiger partial charge in [0.15, 0.2) is 11.0 Å². The van der Waals surface area contributed by atoms with Crippen molar-refractivity contribution in [1.82, 2.24) is 25.1 Å². The van der Waals surface area contributed by atoms with Crippen LogP contribution in [0.5, 0.6) is 0 Å². The molecule has 1 N–H and O–H groups in total. The van der Waals surface area contributed by atoms with Crippen LogP contribution in [0, 0.1) is 6.92 Å². The van der Waals surface area contributed by atoms with Gasteiger partial charge in [0.05, 0.1) is 23.0 Å². The van der Waals surface area contributed by atoms with Crippen molar-refractivity contribution in [1.29, 1.82) is 0 Å². The summed E-state index contributed by atoms with van der Waals surface area (Å²) in [4.78, 5) is 16.4. The van der Waals surface area contributed by atoms with Crippen molar-refractivity contribution in [3.05, 3.63) is 60.0 Å². The van der Waals surface area contributed by atoms with E-state index in [9.17, 15) is 4.79 Å². The second-order valence-corrected chi connectivity index (χ2v) is 7.23. The molecule has 0 radical (unpaired) electrons. The van der Waals surface area contributed by atoms with Gasteiger partial charge in [-0.2, -0.15) is 0 Å². The molecule has 8 heteroatoms. The van der Waals surface area contributed by atoms with Gasteiger partial charge in [0, 0.05) is 6.20 Å². The summed E-state index contributed by atoms with van der Waals surface area (Å²) < 4.78 is 1.99. The average molecular weight is 386 g/mol. The molecule has 3 aromatic rings. The van der Waals surface area contributed by atoms with E-state index in [0.29, 0.717) is 18.1 Å². The molecular formula is C18H19N5OS2. The number of nitrogens with one attached hydrogen (secondary N) is 1. The third-order valence-electron chi connectivity index (χ3n) is 3.67. The summed E-state index contributed by atoms with van der Waals surface area (Å²) in [5.41, 5.74) is 2.15. The minimum absolute atomic E-state index is 0.0642. The summed E-state index contributed by atoms with van der Waals surface area (Å²) in [6.45, 7) is 2.37. The zero-order valence-electron chi connectivity index (χ0n) is 14.5. The largest absolute Gasteiger partial charge is 0.348 e. The number of para-hydroxylation sites is 1. The monoisotopic (exact) mass is 385 g/mol. The van der Waals surface area contributed by atoms with Crippen LogP contribution < -0.4 is 5.32 Å². The summed E-state index contributed by atoms with van der Waals surface area (Å²) in [5.74, 6) is 0.954. The molecule has 0 bridgehead atoms. The van der Waals surface area contributed by atoms with E-state index >= 15 is 0 Å². The van der Waals surface area contributed by atoms with Crippen molar-refractivity contribution in [3.8, 4) is 5.69 Å². The number of amides is 1. The fourth-order valence-corrected chi connectivity index (χ4v) is 3.60. The van der Waals surface area contributed by atoms with Gasteiger partial charge in [0.2, 0.25) is 5.91 Å². The lowest BCUT2D eigenvalue weighted by atomic mass is 10.2. The Hall–Kier alpha value is -2.32. The number of nitrogens with zero attached hydrogens (tertiary/aromatic N) is 4. The predicted octanol–water partition coefficient (Wildman–Crippen LogP) is 3.10. The molecule has 0 fully saturated rings. The second-order valence-electron chi connectivity index (χ2n) is 5.46. The molecule has 134 valence electrons. The van der Waals surface area contributed by atoms with Crippen molar-refractivity contribution in [3.63, 3.8) is 0 Å². The van der Waals surface area contributed by atoms with Gasteiger partial charge >= 0.3 is 0 Å². The number of pyridine rings is 1. The van der Waals surface area contributed by atoms with Crippen LogP contribution in [-0.2, 0) is 11.3 Å². The summed E-state index contributed by atoms with van der Waals surface area (Å²) in [5, 5.41) is 13.0. The number of thioether (sulfide) groups is 2. The Kier molecular flexibility index (Phi) is 6.30. The molecule has 0 saturated carbocycles. The Morgan fingerprint density at radius 1 is 1.15 bits per heavy atom. The summed E-state index contributed by atoms with van der Waals surface area (Å²) in [6.07, 6.45) is 3.68. The van der Waals surface area contributed by atoms with Crippen LogP contribution in [0.15, 0.2) is 58.8 Å². The Balaban J connectivity index is 1.68. The van der Waals surface area contributed by atoms with Crippen LogP contribution in [0.2, 0.25) is 0 Å². The SMILES string of the molecule is CSc1nnc(CNC(=O)CSc2ccccn2)n1-c1ccccc1C. The number of hydrogen-bond donors (Lipinski definition) is 1. The van der Waals surface area contributed by atoms with Gasteiger partial charge < -0.3 is 5.32 Å². The lowest BCUT2D eigenvalue weighted by Gasteiger charge is -2.12. The van der Waals surface area contributed by atoms with Crippen LogP contribution in [0.3, 0.4) is 0 Å². The highest BCUT2D eigenvalue weighted by molar-refractivity contribution is 7.99. The number of benzene rings is 1. The Labute approximate surface area is 160 Å². The molecule has 2 heterocycles. The van der Waals surface area contributed by atoms with E-state index in [1.165, 1.54) is 23.5 Å². The number of carbonyl (C=O) groups is 1. The normalized spacial score (nSPS) is 10.7. The van der Waals surface area contributed by atoms with E-state index in [-0.39, 0.29) is 5.91 Å². The molecule has 1 amide bonds. The van der Waals surface area contributed by atoms with Gasteiger partial charge in [-0.05, 0) is 36.9 Å². The molecule has 0 unspecified atom stereocenters. The highest BCUT2D eigenvalue weighted by Crippen LogP contribution is 2.22. The summed E-state index contributed by atoms with van der Waals surface area (Å²) in [7, 11) is 0. The number of carbonyl (C=O) groups excluding carboxylic acids is 1. The molecule has 0 aliphatic carbocycles. The zero-order valence-corrected chi connectivity index (χ0v) is 16.2. The Morgan fingerprint density at radius 2 is 1.96 bits per heavy atom. The lowest BCUT2D eigenvalue weighted by molar-refractivity contribution is -0.118. The number of rotatable bonds is 7. The van der Waals surface area contributed by atoms with Crippen LogP contribution >= 0.6 is 23.5 Å². The molecule has 1 aromatic carbocycles. The number of aryl methyl sites for hydroxylation is 1. The Bertz CT molecular complexity index is 882. The highest BCUT2D eigenvalue weighted by Gasteiger charge is 2.15. The van der Waals surface area contributed by atoms with Crippen LogP contribution in [-0.4, -0.2) is 37.7 Å². The van der Waals surface area contributed by atoms with Crippen LogP contribution in [0.1, 0.15) is 11.4 Å². The van der Waals surface area contributed by atoms with Gasteiger partial charge in [-0.15, -0.1) is 10.2 Å². The molecule has 0 aliphatic rings. The van der Waals surface area contributed by atoms with Gasteiger partial charge in [-0.1, -0.05) is 47.8 Å². The maximum absolute atomic E-state index is 12.2. The van der Waals surface area contributed by atoms with Gasteiger partial charge in [-0.25, -0.2) is 4.98 Å². The first kappa shape index (κ1) is 18.5. The molecule has 3 rings (SSSR count). The van der Waals surface area contributed by atoms with Crippen molar-refractivity contribution in [2.75, 3.05) is 12.0 Å². The maximum Gasteiger partial charge on any atom is 0.230 e. The molecule has 0 spiro atoms. The predicted molar refractivity (Wildman–Crippen MR) is 105 cm³/mol. The van der Waals surface area contributed by atoms with E-state index in [4.69, 9.17) is 0 Å². The van der Waals surface area contributed by atoms with E-state index in [2.05, 4.69) is 20.5 Å². The summed E-state index contributed by atoms with van der Waals surface area (Å²) >= 11 is 2.93. The molecule has 0 saturated heterocycles. The topological polar surface area (TPSA) is 72.7 Å². The molecule has 6 nitrogen and oxygen atoms in total. The van der Waals surface area contributed by atoms with Crippen molar-refractivity contribution < 1.29 is 4.79 Å². The first-order valence-corrected chi connectivity index (χ1v) is 10.2. The highest BCUT2D eigenvalue weighted by atomic mass is 32.2. The smallest absolute Gasteiger partial charge is 0.230 e. The number of aromatic nitrogens is 4. The first-order chi connectivity index (χ1) is 12.7. The van der Waals surface area contributed by atoms with E-state index < -0.39 is 0 Å². The molecule has 0 aliphatic heterocycles. The number of hydrogen-bond acceptors (Lipinski definition) is 6. The van der Waals surface area contributed by atoms with E-state index in [1.807, 2.05) is 60.2 Å². The molecular weight excluding hydrogens is 366 g/mol. The average Bonchev–Trinajstić information content (AvgIpc) is 3.08. The second kappa shape index (κ2) is 8.86. The first-order valence-electron chi connectivity index (χ1n) is 8.04. The minimum Gasteiger partial charge on any atom is -0.348 e. The minimum atomic E-state index is -0.0642. The quantitative estimate of drug-likeness (QED) is 0.630. The zero-order chi connectivity index (χ0) is 18.4. The van der Waals surface area contributed by atoms with Crippen molar-refractivity contribution in [2.24, 2.45) is 0 Å². The molecule has 2 aromatic heterocycles. The van der Waals surface area contributed by atoms with Gasteiger partial charge in [0.25, 0.3) is 0 Å². The van der Waals surface area contributed by atoms with Crippen molar-refractivity contribution >= 4 is 29.4 Å². The fourth-order valence-electron chi connectivity index (χ4n) is 2.40. The van der Waals surface area contributed by atoms with Crippen LogP contribution in [0.4, 0.5) is 0 Å². The fraction of sp³-hybridized carbons (Fsp3) is 0.222. The lowest BCUT2D eigenvalue weighted by Crippen LogP contribution is -2.26. The van der Waals surface area contributed by atoms with Gasteiger partial charge in [0.1, 0.15) is 0 Å². The summed E-state index contributed by atoms with van der Waals surface area (Å²) in [6, 6.07) is 13.7.